The number of nitrogens with zero attached hydrogens (tertiary/aromatic N) is 2. The number of methoxy groups -OCH3 is 1. The Kier molecular flexibility index (Phi) is 16.8. The van der Waals surface area contributed by atoms with Crippen molar-refractivity contribution in [3.05, 3.63) is 108 Å². The van der Waals surface area contributed by atoms with E-state index >= 15 is 0 Å². The van der Waals surface area contributed by atoms with Crippen molar-refractivity contribution >= 4 is 95.1 Å². The van der Waals surface area contributed by atoms with Crippen LogP contribution >= 0.6 is 0 Å². The Morgan fingerprint density at radius 3 is 1.78 bits per heavy atom. The number of carbonyl (C=O) groups excluding carboxylic acids is 1. The van der Waals surface area contributed by atoms with Crippen LogP contribution in [0.3, 0.4) is 0 Å². The monoisotopic (exact) mass is 1110 g/mol. The van der Waals surface area contributed by atoms with Crippen LogP contribution in [0.4, 0.5) is 11.4 Å². The van der Waals surface area contributed by atoms with E-state index in [-0.39, 0.29) is 53.3 Å². The van der Waals surface area contributed by atoms with E-state index in [4.69, 9.17) is 10.6 Å². The number of nitrogens with one attached hydrogen (secondary N) is 1. The van der Waals surface area contributed by atoms with Gasteiger partial charge in [0.2, 0.25) is 11.6 Å². The maximum absolute atomic E-state index is 12.7. The molecule has 0 radical (unpaired) electrons. The summed E-state index contributed by atoms with van der Waals surface area (Å²) in [5.74, 6) is 4.30. The molecule has 0 fully saturated rings. The number of hydrazine groups is 1. The van der Waals surface area contributed by atoms with Crippen molar-refractivity contribution in [3.63, 3.8) is 0 Å². The lowest BCUT2D eigenvalue weighted by Gasteiger charge is -2.30. The van der Waals surface area contributed by atoms with Gasteiger partial charge in [-0.25, -0.2) is 5.84 Å². The maximum Gasteiger partial charge on any atom is 0.295 e. The fourth-order valence-electron chi connectivity index (χ4n) is 10.0. The summed E-state index contributed by atoms with van der Waals surface area (Å²) >= 11 is 0. The zero-order valence-corrected chi connectivity index (χ0v) is 44.2. The van der Waals surface area contributed by atoms with Crippen LogP contribution < -0.4 is 16.2 Å². The summed E-state index contributed by atoms with van der Waals surface area (Å²) in [6.45, 7) is 6.33. The molecule has 0 saturated carbocycles. The molecular weight excluding hydrogens is 1050 g/mol. The molecule has 73 heavy (non-hydrogen) atoms. The number of unbranched alkanes of at least 4 members (excludes halogenated alkanes) is 2. The number of anilines is 1. The molecule has 2 aliphatic heterocycles. The SMILES string of the molecule is CC[N+]1=C(/C=C/C=C/C=C/C=C2/N(CCCCCC(=O)NN)c3ccc4c(S(=O)(=O)O)cc(S(=O)(=O)O)cc4c3C2(C)CCOC)C(C)(CCCS(=O)(=O)O)c2c1ccc1c(S(=O)(=O)O)cc(S(=O)(=O)O)cc21. The molecule has 2 aliphatic rings. The van der Waals surface area contributed by atoms with Crippen LogP contribution in [0.2, 0.25) is 0 Å². The second-order valence-corrected chi connectivity index (χ2v) is 25.2. The second-order valence-electron chi connectivity index (χ2n) is 18.0. The van der Waals surface area contributed by atoms with Crippen molar-refractivity contribution in [3.8, 4) is 0 Å². The van der Waals surface area contributed by atoms with Gasteiger partial charge >= 0.3 is 0 Å². The van der Waals surface area contributed by atoms with E-state index < -0.39 is 86.8 Å². The van der Waals surface area contributed by atoms with E-state index in [1.807, 2.05) is 29.4 Å². The zero-order chi connectivity index (χ0) is 54.1. The third-order valence-corrected chi connectivity index (χ3v) is 17.5. The van der Waals surface area contributed by atoms with Gasteiger partial charge in [0, 0.05) is 72.0 Å². The first-order valence-corrected chi connectivity index (χ1v) is 30.0. The smallest absolute Gasteiger partial charge is 0.295 e. The lowest BCUT2D eigenvalue weighted by atomic mass is 9.74. The number of hydrogen-bond donors (Lipinski definition) is 7. The van der Waals surface area contributed by atoms with E-state index in [2.05, 4.69) is 5.43 Å². The Bertz CT molecular complexity index is 3630. The van der Waals surface area contributed by atoms with Crippen molar-refractivity contribution in [2.45, 2.75) is 96.1 Å². The van der Waals surface area contributed by atoms with E-state index in [1.54, 1.807) is 55.5 Å². The molecular formula is C47H57N4O17S5+. The van der Waals surface area contributed by atoms with Gasteiger partial charge in [-0.05, 0) is 112 Å². The highest BCUT2D eigenvalue weighted by Crippen LogP contribution is 2.54. The third kappa shape index (κ3) is 12.2. The average molecular weight is 1110 g/mol. The van der Waals surface area contributed by atoms with Crippen LogP contribution in [0.5, 0.6) is 0 Å². The summed E-state index contributed by atoms with van der Waals surface area (Å²) in [5.41, 5.74) is 3.14. The van der Waals surface area contributed by atoms with Gasteiger partial charge in [-0.15, -0.1) is 0 Å². The number of amides is 1. The third-order valence-electron chi connectivity index (χ3n) is 13.2. The van der Waals surface area contributed by atoms with Crippen molar-refractivity contribution in [2.75, 3.05) is 37.5 Å². The van der Waals surface area contributed by atoms with E-state index in [1.165, 1.54) is 19.2 Å². The molecule has 21 nitrogen and oxygen atoms in total. The van der Waals surface area contributed by atoms with Crippen molar-refractivity contribution in [2.24, 2.45) is 5.84 Å². The Labute approximate surface area is 424 Å². The fourth-order valence-corrected chi connectivity index (χ4v) is 13.2. The Morgan fingerprint density at radius 2 is 1.25 bits per heavy atom. The minimum atomic E-state index is -5.05. The van der Waals surface area contributed by atoms with E-state index in [0.29, 0.717) is 84.8 Å². The van der Waals surface area contributed by atoms with Crippen molar-refractivity contribution < 1.29 is 79.0 Å². The number of ether oxygens (including phenoxy) is 1. The minimum Gasteiger partial charge on any atom is -0.385 e. The molecule has 2 heterocycles. The lowest BCUT2D eigenvalue weighted by Crippen LogP contribution is -2.32. The van der Waals surface area contributed by atoms with Crippen molar-refractivity contribution in [1.29, 1.82) is 0 Å². The first-order valence-electron chi connectivity index (χ1n) is 22.6. The molecule has 0 saturated heterocycles. The molecule has 0 spiro atoms. The first-order chi connectivity index (χ1) is 33.9. The topological polar surface area (TPSA) is 342 Å². The van der Waals surface area contributed by atoms with Gasteiger partial charge in [0.05, 0.1) is 21.0 Å². The zero-order valence-electron chi connectivity index (χ0n) is 40.1. The molecule has 0 bridgehead atoms. The molecule has 4 aromatic carbocycles. The van der Waals surface area contributed by atoms with Gasteiger partial charge < -0.3 is 9.64 Å². The molecule has 2 atom stereocenters. The molecule has 1 amide bonds. The Hall–Kier alpha value is -5.23. The van der Waals surface area contributed by atoms with E-state index in [9.17, 15) is 69.6 Å². The fraction of sp³-hybridized carbons (Fsp3) is 0.362. The Morgan fingerprint density at radius 1 is 0.685 bits per heavy atom. The summed E-state index contributed by atoms with van der Waals surface area (Å²) in [4.78, 5) is 10.8. The number of rotatable bonds is 22. The van der Waals surface area contributed by atoms with Crippen LogP contribution in [0.1, 0.15) is 76.8 Å². The van der Waals surface area contributed by atoms with Crippen LogP contribution in [0.15, 0.2) is 116 Å². The molecule has 8 N–H and O–H groups in total. The van der Waals surface area contributed by atoms with Crippen LogP contribution in [-0.2, 0) is 71.0 Å². The maximum atomic E-state index is 12.7. The second kappa shape index (κ2) is 21.5. The normalized spacial score (nSPS) is 19.4. The number of allylic oxidation sites excluding steroid dienone is 8. The average Bonchev–Trinajstić information content (AvgIpc) is 3.68. The largest absolute Gasteiger partial charge is 0.385 e. The summed E-state index contributed by atoms with van der Waals surface area (Å²) in [6.07, 6.45) is 14.2. The molecule has 396 valence electrons. The van der Waals surface area contributed by atoms with Gasteiger partial charge in [0.25, 0.3) is 50.6 Å². The standard InChI is InChI=1S/C47H56N4O17S5/c1-5-50-37-20-18-33-35(27-31(70(56,57)58)29-39(33)72(62,63)64)44(37)46(2,22-14-26-69(53,54)55)41(50)15-10-7-6-8-11-16-42-47(3,23-25-68-4)45-36-28-32(71(59,60)61)30-40(73(65,66)67)34(36)19-21-38(45)51(42)24-13-9-12-17-43(52)49-48/h6-8,10-11,15-16,18-21,27-30H,5,9,12-14,17,22-26,48H2,1-4H3,(H5-,49,52,53,54,55,56,57,58,59,60,61,62,63,64,65,66,67)/p+1. The highest BCUT2D eigenvalue weighted by molar-refractivity contribution is 7.87. The van der Waals surface area contributed by atoms with Crippen molar-refractivity contribution in [1.82, 2.24) is 5.43 Å². The van der Waals surface area contributed by atoms with Gasteiger partial charge in [0.1, 0.15) is 16.3 Å². The highest BCUT2D eigenvalue weighted by atomic mass is 32.2. The summed E-state index contributed by atoms with van der Waals surface area (Å²) in [7, 11) is -23.0. The first kappa shape index (κ1) is 57.1. The summed E-state index contributed by atoms with van der Waals surface area (Å²) in [5, 5.41) is 0.139. The van der Waals surface area contributed by atoms with E-state index in [0.717, 1.165) is 12.1 Å². The quantitative estimate of drug-likeness (QED) is 0.00910. The molecule has 0 aliphatic carbocycles. The summed E-state index contributed by atoms with van der Waals surface area (Å²) in [6, 6.07) is 9.68. The summed E-state index contributed by atoms with van der Waals surface area (Å²) < 4.78 is 182. The van der Waals surface area contributed by atoms with Gasteiger partial charge in [-0.3, -0.25) is 33.0 Å². The number of hydrogen-bond acceptors (Lipinski definition) is 14. The lowest BCUT2D eigenvalue weighted by molar-refractivity contribution is -0.433. The molecule has 2 unspecified atom stereocenters. The number of nitrogens with two attached hydrogens (primary N) is 1. The van der Waals surface area contributed by atoms with Crippen LogP contribution in [0.25, 0.3) is 21.5 Å². The molecule has 26 heteroatoms. The molecule has 4 aromatic rings. The van der Waals surface area contributed by atoms with Crippen LogP contribution in [0, 0.1) is 0 Å². The van der Waals surface area contributed by atoms with Gasteiger partial charge in [0.15, 0.2) is 5.71 Å². The van der Waals surface area contributed by atoms with Gasteiger partial charge in [-0.1, -0.05) is 42.9 Å². The molecule has 6 rings (SSSR count). The predicted molar refractivity (Wildman–Crippen MR) is 273 cm³/mol. The van der Waals surface area contributed by atoms with Crippen LogP contribution in [-0.4, -0.2) is 114 Å². The minimum absolute atomic E-state index is 0.00911. The molecule has 0 aromatic heterocycles. The Balaban J connectivity index is 1.45. The van der Waals surface area contributed by atoms with Gasteiger partial charge in [-0.2, -0.15) is 46.7 Å². The predicted octanol–water partition coefficient (Wildman–Crippen LogP) is 5.94. The number of fused-ring (bicyclic) bond motifs is 6. The number of carbonyl (C=O) groups is 1. The highest BCUT2D eigenvalue weighted by Gasteiger charge is 2.49. The number of benzene rings is 4.